The molecule has 9 heteroatoms. The second kappa shape index (κ2) is 5.86. The van der Waals surface area contributed by atoms with Gasteiger partial charge in [-0.15, -0.1) is 0 Å². The maximum absolute atomic E-state index is 12.4. The van der Waals surface area contributed by atoms with Gasteiger partial charge in [-0.25, -0.2) is 9.36 Å². The number of alkyl halides is 2. The number of nitrogens with zero attached hydrogens (tertiary/aromatic N) is 1. The van der Waals surface area contributed by atoms with Gasteiger partial charge >= 0.3 is 5.69 Å². The zero-order valence-corrected chi connectivity index (χ0v) is 14.7. The van der Waals surface area contributed by atoms with Gasteiger partial charge in [-0.05, 0) is 17.5 Å². The first-order valence-electron chi connectivity index (χ1n) is 7.39. The Labute approximate surface area is 151 Å². The number of benzene rings is 1. The minimum atomic E-state index is -2.43. The predicted octanol–water partition coefficient (Wildman–Crippen LogP) is 1.96. The average molecular weight is 382 g/mol. The number of para-hydroxylation sites is 1. The number of amides is 1. The molecular weight excluding hydrogens is 369 g/mol. The van der Waals surface area contributed by atoms with Crippen molar-refractivity contribution in [2.24, 2.45) is 0 Å². The maximum Gasteiger partial charge on any atom is 0.334 e. The minimum Gasteiger partial charge on any atom is -0.308 e. The van der Waals surface area contributed by atoms with Crippen LogP contribution in [0.15, 0.2) is 33.9 Å². The van der Waals surface area contributed by atoms with E-state index in [1.165, 1.54) is 0 Å². The number of aromatic amines is 1. The van der Waals surface area contributed by atoms with E-state index in [1.807, 2.05) is 19.9 Å². The van der Waals surface area contributed by atoms with E-state index in [1.54, 1.807) is 18.2 Å². The normalized spacial score (nSPS) is 15.9. The first-order chi connectivity index (χ1) is 11.7. The highest BCUT2D eigenvalue weighted by atomic mass is 35.5. The molecule has 0 fully saturated rings. The summed E-state index contributed by atoms with van der Waals surface area (Å²) in [7, 11) is 0. The van der Waals surface area contributed by atoms with Crippen LogP contribution in [0.25, 0.3) is 5.69 Å². The predicted molar refractivity (Wildman–Crippen MR) is 94.1 cm³/mol. The molecule has 2 aromatic rings. The first-order valence-corrected chi connectivity index (χ1v) is 8.14. The molecule has 0 saturated heterocycles. The zero-order valence-electron chi connectivity index (χ0n) is 13.2. The second-order valence-electron chi connectivity index (χ2n) is 5.89. The molecule has 1 aliphatic heterocycles. The summed E-state index contributed by atoms with van der Waals surface area (Å²) in [6.45, 7) is 3.85. The number of aromatic nitrogens is 2. The lowest BCUT2D eigenvalue weighted by Gasteiger charge is -2.27. The van der Waals surface area contributed by atoms with Crippen LogP contribution >= 0.6 is 23.2 Å². The van der Waals surface area contributed by atoms with E-state index in [9.17, 15) is 19.2 Å². The number of carbonyl (C=O) groups excluding carboxylic acids is 2. The van der Waals surface area contributed by atoms with E-state index in [0.29, 0.717) is 5.69 Å². The number of hydrogen-bond donors (Lipinski definition) is 2. The van der Waals surface area contributed by atoms with Crippen molar-refractivity contribution < 1.29 is 9.59 Å². The minimum absolute atomic E-state index is 0.0424. The molecule has 0 aliphatic carbocycles. The van der Waals surface area contributed by atoms with Crippen LogP contribution in [-0.4, -0.2) is 25.6 Å². The maximum atomic E-state index is 12.4. The van der Waals surface area contributed by atoms with Gasteiger partial charge in [0.15, 0.2) is 0 Å². The fraction of sp³-hybridized carbons (Fsp3) is 0.250. The third-order valence-corrected chi connectivity index (χ3v) is 4.63. The number of Topliss-reactive ketones (excluding diaryl/α,β-unsaturated/α-hetero) is 1. The molecular formula is C16H13Cl2N3O4. The van der Waals surface area contributed by atoms with Gasteiger partial charge in [0.25, 0.3) is 15.8 Å². The molecule has 25 heavy (non-hydrogen) atoms. The molecule has 3 rings (SSSR count). The third kappa shape index (κ3) is 2.60. The zero-order chi connectivity index (χ0) is 18.5. The van der Waals surface area contributed by atoms with E-state index in [2.05, 4.69) is 10.3 Å². The molecule has 130 valence electrons. The van der Waals surface area contributed by atoms with Crippen molar-refractivity contribution in [2.75, 3.05) is 5.32 Å². The lowest BCUT2D eigenvalue weighted by molar-refractivity contribution is -0.116. The number of halogens is 2. The average Bonchev–Trinajstić information content (AvgIpc) is 2.53. The van der Waals surface area contributed by atoms with Crippen molar-refractivity contribution in [2.45, 2.75) is 24.1 Å². The molecule has 0 spiro atoms. The van der Waals surface area contributed by atoms with Gasteiger partial charge in [-0.2, -0.15) is 0 Å². The van der Waals surface area contributed by atoms with Crippen molar-refractivity contribution in [3.63, 3.8) is 0 Å². The number of H-pyrrole nitrogens is 1. The smallest absolute Gasteiger partial charge is 0.308 e. The Morgan fingerprint density at radius 2 is 1.72 bits per heavy atom. The van der Waals surface area contributed by atoms with Crippen LogP contribution in [0.5, 0.6) is 0 Å². The molecule has 0 saturated carbocycles. The number of hydrogen-bond acceptors (Lipinski definition) is 4. The van der Waals surface area contributed by atoms with E-state index in [4.69, 9.17) is 23.2 Å². The van der Waals surface area contributed by atoms with Crippen molar-refractivity contribution in [3.8, 4) is 5.69 Å². The van der Waals surface area contributed by atoms with E-state index >= 15 is 0 Å². The number of fused-ring (bicyclic) bond motifs is 1. The summed E-state index contributed by atoms with van der Waals surface area (Å²) in [5, 5.41) is 2.31. The molecule has 7 nitrogen and oxygen atoms in total. The molecule has 2 heterocycles. The molecule has 1 aromatic heterocycles. The molecule has 0 bridgehead atoms. The molecule has 1 aliphatic rings. The Morgan fingerprint density at radius 1 is 1.08 bits per heavy atom. The molecule has 0 radical (unpaired) electrons. The summed E-state index contributed by atoms with van der Waals surface area (Å²) in [5.74, 6) is -2.30. The van der Waals surface area contributed by atoms with Crippen molar-refractivity contribution >= 4 is 40.7 Å². The highest BCUT2D eigenvalue weighted by Crippen LogP contribution is 2.34. The topological polar surface area (TPSA) is 101 Å². The van der Waals surface area contributed by atoms with Crippen LogP contribution in [0.2, 0.25) is 0 Å². The van der Waals surface area contributed by atoms with Crippen LogP contribution in [0.4, 0.5) is 5.82 Å². The lowest BCUT2D eigenvalue weighted by Crippen LogP contribution is -2.50. The summed E-state index contributed by atoms with van der Waals surface area (Å²) in [6, 6.07) is 6.96. The fourth-order valence-corrected chi connectivity index (χ4v) is 3.00. The highest BCUT2D eigenvalue weighted by Gasteiger charge is 2.49. The van der Waals surface area contributed by atoms with Gasteiger partial charge in [-0.1, -0.05) is 55.2 Å². The fourth-order valence-electron chi connectivity index (χ4n) is 2.72. The van der Waals surface area contributed by atoms with Crippen molar-refractivity contribution in [3.05, 3.63) is 56.2 Å². The molecule has 1 amide bonds. The van der Waals surface area contributed by atoms with Crippen LogP contribution in [0.1, 0.15) is 35.7 Å². The van der Waals surface area contributed by atoms with Crippen molar-refractivity contribution in [1.29, 1.82) is 0 Å². The van der Waals surface area contributed by atoms with Crippen LogP contribution in [0, 0.1) is 0 Å². The van der Waals surface area contributed by atoms with Crippen LogP contribution < -0.4 is 16.6 Å². The van der Waals surface area contributed by atoms with Crippen LogP contribution in [0.3, 0.4) is 0 Å². The standard InChI is InChI=1S/C16H13Cl2N3O4/c1-7(2)8-5-3-4-6-9(8)21-12-10(13(23)20-15(21)25)11(22)16(17,18)14(24)19-12/h3-7H,1-2H3,(H,19,24)(H,20,23,25). The number of nitrogens with one attached hydrogen (secondary N) is 2. The molecule has 0 unspecified atom stereocenters. The number of ketones is 1. The highest BCUT2D eigenvalue weighted by molar-refractivity contribution is 6.71. The Kier molecular flexibility index (Phi) is 4.09. The SMILES string of the molecule is CC(C)c1ccccc1-n1c2c(c(=O)[nH]c1=O)C(=O)C(Cl)(Cl)C(=O)N2. The lowest BCUT2D eigenvalue weighted by atomic mass is 10.00. The second-order valence-corrected chi connectivity index (χ2v) is 7.22. The summed E-state index contributed by atoms with van der Waals surface area (Å²) >= 11 is 11.5. The van der Waals surface area contributed by atoms with Gasteiger partial charge < -0.3 is 5.32 Å². The van der Waals surface area contributed by atoms with Gasteiger partial charge in [-0.3, -0.25) is 19.4 Å². The number of anilines is 1. The number of rotatable bonds is 2. The number of carbonyl (C=O) groups is 2. The molecule has 1 aromatic carbocycles. The van der Waals surface area contributed by atoms with E-state index < -0.39 is 32.8 Å². The monoisotopic (exact) mass is 381 g/mol. The van der Waals surface area contributed by atoms with Gasteiger partial charge in [0.05, 0.1) is 5.69 Å². The van der Waals surface area contributed by atoms with Crippen LogP contribution in [-0.2, 0) is 4.79 Å². The van der Waals surface area contributed by atoms with E-state index in [-0.39, 0.29) is 11.7 Å². The van der Waals surface area contributed by atoms with Gasteiger partial charge in [0.1, 0.15) is 11.4 Å². The van der Waals surface area contributed by atoms with E-state index in [0.717, 1.165) is 10.1 Å². The molecule has 2 N–H and O–H groups in total. The van der Waals surface area contributed by atoms with Gasteiger partial charge in [0, 0.05) is 0 Å². The Morgan fingerprint density at radius 3 is 2.36 bits per heavy atom. The largest absolute Gasteiger partial charge is 0.334 e. The summed E-state index contributed by atoms with van der Waals surface area (Å²) in [6.07, 6.45) is 0. The summed E-state index contributed by atoms with van der Waals surface area (Å²) < 4.78 is -1.36. The van der Waals surface area contributed by atoms with Crippen molar-refractivity contribution in [1.82, 2.24) is 9.55 Å². The summed E-state index contributed by atoms with van der Waals surface area (Å²) in [4.78, 5) is 51.2. The summed E-state index contributed by atoms with van der Waals surface area (Å²) in [5.41, 5.74) is -1.01. The van der Waals surface area contributed by atoms with Gasteiger partial charge in [0.2, 0.25) is 5.78 Å². The first kappa shape index (κ1) is 17.4. The quantitative estimate of drug-likeness (QED) is 0.613. The Hall–Kier alpha value is -2.38. The Bertz CT molecular complexity index is 1020. The third-order valence-electron chi connectivity index (χ3n) is 3.94. The molecule has 0 atom stereocenters. The Balaban J connectivity index is 2.42.